The van der Waals surface area contributed by atoms with Crippen LogP contribution >= 0.6 is 0 Å². The summed E-state index contributed by atoms with van der Waals surface area (Å²) in [7, 11) is -3.95. The van der Waals surface area contributed by atoms with Crippen LogP contribution in [0.5, 0.6) is 0 Å². The molecular weight excluding hydrogens is 444 g/mol. The van der Waals surface area contributed by atoms with Crippen LogP contribution in [0.15, 0.2) is 59.5 Å². The summed E-state index contributed by atoms with van der Waals surface area (Å²) in [6, 6.07) is 13.8. The first-order valence-electron chi connectivity index (χ1n) is 10.7. The maximum absolute atomic E-state index is 12.9. The number of hydrogen-bond donors (Lipinski definition) is 3. The van der Waals surface area contributed by atoms with Crippen molar-refractivity contribution >= 4 is 39.1 Å². The number of anilines is 2. The standard InChI is InChI=1S/C23H28N4O5S/c1-16(26-33(31,32)21-12-10-20(11-13-21)24-17(2)28)23(30)27-14-6-7-18(15-27)22(29)25-19-8-4-3-5-9-19/h3-5,8-13,16,18,26H,6-7,14-15H2,1-2H3,(H,24,28)(H,25,29)/t16-,18?/m0/s1. The fraction of sp³-hybridized carbons (Fsp3) is 0.348. The van der Waals surface area contributed by atoms with E-state index in [-0.39, 0.29) is 35.1 Å². The molecule has 3 amide bonds. The van der Waals surface area contributed by atoms with E-state index in [1.54, 1.807) is 12.1 Å². The van der Waals surface area contributed by atoms with Crippen LogP contribution in [0.3, 0.4) is 0 Å². The van der Waals surface area contributed by atoms with Gasteiger partial charge in [0.2, 0.25) is 27.7 Å². The molecule has 0 bridgehead atoms. The molecule has 0 saturated carbocycles. The van der Waals surface area contributed by atoms with Crippen LogP contribution in [0.1, 0.15) is 26.7 Å². The van der Waals surface area contributed by atoms with Gasteiger partial charge in [-0.1, -0.05) is 18.2 Å². The SMILES string of the molecule is CC(=O)Nc1ccc(S(=O)(=O)N[C@@H](C)C(=O)N2CCCC(C(=O)Nc3ccccc3)C2)cc1. The Balaban J connectivity index is 1.60. The minimum Gasteiger partial charge on any atom is -0.341 e. The zero-order valence-electron chi connectivity index (χ0n) is 18.6. The Hall–Kier alpha value is -3.24. The van der Waals surface area contributed by atoms with Crippen LogP contribution in [0, 0.1) is 5.92 Å². The first-order chi connectivity index (χ1) is 15.7. The van der Waals surface area contributed by atoms with Crippen molar-refractivity contribution in [2.24, 2.45) is 5.92 Å². The van der Waals surface area contributed by atoms with Gasteiger partial charge in [0, 0.05) is 31.4 Å². The normalized spacial score (nSPS) is 17.2. The van der Waals surface area contributed by atoms with Crippen molar-refractivity contribution in [2.75, 3.05) is 23.7 Å². The van der Waals surface area contributed by atoms with Gasteiger partial charge in [0.15, 0.2) is 0 Å². The number of rotatable bonds is 7. The van der Waals surface area contributed by atoms with Crippen LogP contribution in [0.25, 0.3) is 0 Å². The van der Waals surface area contributed by atoms with Crippen molar-refractivity contribution in [1.82, 2.24) is 9.62 Å². The molecular formula is C23H28N4O5S. The molecule has 0 aliphatic carbocycles. The molecule has 9 nitrogen and oxygen atoms in total. The van der Waals surface area contributed by atoms with Crippen LogP contribution in [0.2, 0.25) is 0 Å². The predicted molar refractivity (Wildman–Crippen MR) is 125 cm³/mol. The number of nitrogens with zero attached hydrogens (tertiary/aromatic N) is 1. The third-order valence-corrected chi connectivity index (χ3v) is 6.89. The van der Waals surface area contributed by atoms with Crippen molar-refractivity contribution in [3.8, 4) is 0 Å². The third kappa shape index (κ3) is 6.62. The van der Waals surface area contributed by atoms with E-state index in [0.29, 0.717) is 30.8 Å². The Morgan fingerprint density at radius 2 is 1.61 bits per heavy atom. The monoisotopic (exact) mass is 472 g/mol. The average Bonchev–Trinajstić information content (AvgIpc) is 2.79. The molecule has 0 radical (unpaired) electrons. The summed E-state index contributed by atoms with van der Waals surface area (Å²) in [6.45, 7) is 3.54. The lowest BCUT2D eigenvalue weighted by atomic mass is 9.96. The van der Waals surface area contributed by atoms with Crippen molar-refractivity contribution in [3.63, 3.8) is 0 Å². The van der Waals surface area contributed by atoms with E-state index in [1.807, 2.05) is 18.2 Å². The quantitative estimate of drug-likeness (QED) is 0.570. The van der Waals surface area contributed by atoms with E-state index in [4.69, 9.17) is 0 Å². The number of nitrogens with one attached hydrogen (secondary N) is 3. The fourth-order valence-corrected chi connectivity index (χ4v) is 4.90. The lowest BCUT2D eigenvalue weighted by Gasteiger charge is -2.33. The molecule has 0 aromatic heterocycles. The minimum absolute atomic E-state index is 0.0185. The molecule has 1 fully saturated rings. The Bertz CT molecular complexity index is 1100. The smallest absolute Gasteiger partial charge is 0.241 e. The van der Waals surface area contributed by atoms with Crippen LogP contribution < -0.4 is 15.4 Å². The van der Waals surface area contributed by atoms with E-state index < -0.39 is 16.1 Å². The second-order valence-electron chi connectivity index (χ2n) is 8.03. The number of sulfonamides is 1. The van der Waals surface area contributed by atoms with E-state index in [0.717, 1.165) is 0 Å². The van der Waals surface area contributed by atoms with E-state index >= 15 is 0 Å². The van der Waals surface area contributed by atoms with E-state index in [2.05, 4.69) is 15.4 Å². The zero-order valence-corrected chi connectivity index (χ0v) is 19.4. The van der Waals surface area contributed by atoms with Crippen LogP contribution in [0.4, 0.5) is 11.4 Å². The number of piperidine rings is 1. The number of hydrogen-bond acceptors (Lipinski definition) is 5. The lowest BCUT2D eigenvalue weighted by molar-refractivity contribution is -0.135. The number of carbonyl (C=O) groups excluding carboxylic acids is 3. The highest BCUT2D eigenvalue weighted by Crippen LogP contribution is 2.20. The summed E-state index contributed by atoms with van der Waals surface area (Å²) >= 11 is 0. The minimum atomic E-state index is -3.95. The van der Waals surface area contributed by atoms with Crippen molar-refractivity contribution in [3.05, 3.63) is 54.6 Å². The van der Waals surface area contributed by atoms with Crippen LogP contribution in [-0.2, 0) is 24.4 Å². The van der Waals surface area contributed by atoms with E-state index in [9.17, 15) is 22.8 Å². The molecule has 1 aliphatic heterocycles. The van der Waals surface area contributed by atoms with Gasteiger partial charge in [-0.2, -0.15) is 4.72 Å². The average molecular weight is 473 g/mol. The summed E-state index contributed by atoms with van der Waals surface area (Å²) in [6.07, 6.45) is 1.31. The highest BCUT2D eigenvalue weighted by atomic mass is 32.2. The second kappa shape index (κ2) is 10.6. The largest absolute Gasteiger partial charge is 0.341 e. The van der Waals surface area contributed by atoms with Gasteiger partial charge in [0.1, 0.15) is 0 Å². The maximum Gasteiger partial charge on any atom is 0.241 e. The molecule has 1 unspecified atom stereocenters. The third-order valence-electron chi connectivity index (χ3n) is 5.33. The van der Waals surface area contributed by atoms with E-state index in [1.165, 1.54) is 43.0 Å². The van der Waals surface area contributed by atoms with Gasteiger partial charge in [-0.3, -0.25) is 14.4 Å². The van der Waals surface area contributed by atoms with Gasteiger partial charge in [-0.15, -0.1) is 0 Å². The second-order valence-corrected chi connectivity index (χ2v) is 9.74. The first-order valence-corrected chi connectivity index (χ1v) is 12.2. The summed E-state index contributed by atoms with van der Waals surface area (Å²) in [5, 5.41) is 5.43. The maximum atomic E-state index is 12.9. The molecule has 1 saturated heterocycles. The van der Waals surface area contributed by atoms with Gasteiger partial charge >= 0.3 is 0 Å². The molecule has 3 N–H and O–H groups in total. The molecule has 176 valence electrons. The van der Waals surface area contributed by atoms with Gasteiger partial charge < -0.3 is 15.5 Å². The van der Waals surface area contributed by atoms with Gasteiger partial charge in [-0.05, 0) is 56.2 Å². The zero-order chi connectivity index (χ0) is 24.0. The molecule has 1 heterocycles. The molecule has 2 atom stereocenters. The lowest BCUT2D eigenvalue weighted by Crippen LogP contribution is -2.51. The number of benzene rings is 2. The van der Waals surface area contributed by atoms with Crippen molar-refractivity contribution in [1.29, 1.82) is 0 Å². The Morgan fingerprint density at radius 3 is 2.24 bits per heavy atom. The summed E-state index contributed by atoms with van der Waals surface area (Å²) < 4.78 is 27.8. The van der Waals surface area contributed by atoms with Gasteiger partial charge in [-0.25, -0.2) is 8.42 Å². The predicted octanol–water partition coefficient (Wildman–Crippen LogP) is 2.19. The number of carbonyl (C=O) groups is 3. The first kappa shape index (κ1) is 24.4. The number of amides is 3. The topological polar surface area (TPSA) is 125 Å². The number of para-hydroxylation sites is 1. The van der Waals surface area contributed by atoms with Gasteiger partial charge in [0.25, 0.3) is 0 Å². The van der Waals surface area contributed by atoms with Crippen LogP contribution in [-0.4, -0.2) is 50.2 Å². The molecule has 2 aromatic carbocycles. The number of likely N-dealkylation sites (tertiary alicyclic amines) is 1. The summed E-state index contributed by atoms with van der Waals surface area (Å²) in [4.78, 5) is 38.2. The molecule has 3 rings (SSSR count). The highest BCUT2D eigenvalue weighted by Gasteiger charge is 2.32. The van der Waals surface area contributed by atoms with Gasteiger partial charge in [0.05, 0.1) is 16.9 Å². The Kier molecular flexibility index (Phi) is 7.83. The van der Waals surface area contributed by atoms with Crippen molar-refractivity contribution < 1.29 is 22.8 Å². The molecule has 33 heavy (non-hydrogen) atoms. The molecule has 10 heteroatoms. The Labute approximate surface area is 193 Å². The van der Waals surface area contributed by atoms with Crippen molar-refractivity contribution in [2.45, 2.75) is 37.6 Å². The molecule has 2 aromatic rings. The highest BCUT2D eigenvalue weighted by molar-refractivity contribution is 7.89. The molecule has 0 spiro atoms. The summed E-state index contributed by atoms with van der Waals surface area (Å²) in [5.41, 5.74) is 1.16. The fourth-order valence-electron chi connectivity index (χ4n) is 3.70. The Morgan fingerprint density at radius 1 is 0.970 bits per heavy atom. The summed E-state index contributed by atoms with van der Waals surface area (Å²) in [5.74, 6) is -1.18. The molecule has 1 aliphatic rings.